The average molecular weight is 587 g/mol. The molecular weight excluding hydrogens is 555 g/mol. The van der Waals surface area contributed by atoms with Gasteiger partial charge in [-0.25, -0.2) is 28.8 Å². The van der Waals surface area contributed by atoms with Crippen molar-refractivity contribution in [3.8, 4) is 17.0 Å². The predicted octanol–water partition coefficient (Wildman–Crippen LogP) is 3.54. The summed E-state index contributed by atoms with van der Waals surface area (Å²) in [5.41, 5.74) is 9.21. The van der Waals surface area contributed by atoms with Crippen LogP contribution in [0.4, 0.5) is 15.0 Å². The minimum absolute atomic E-state index is 0.0210. The summed E-state index contributed by atoms with van der Waals surface area (Å²) in [6.07, 6.45) is 4.07. The Bertz CT molecular complexity index is 1750. The number of ether oxygens (including phenoxy) is 1. The van der Waals surface area contributed by atoms with Crippen LogP contribution in [0.15, 0.2) is 61.4 Å². The molecule has 3 N–H and O–H groups in total. The number of anilines is 1. The molecule has 5 rings (SSSR count). The molecule has 43 heavy (non-hydrogen) atoms. The number of methoxy groups -OCH3 is 1. The molecule has 2 aromatic carbocycles. The van der Waals surface area contributed by atoms with Gasteiger partial charge in [-0.2, -0.15) is 14.9 Å². The molecule has 0 aliphatic heterocycles. The van der Waals surface area contributed by atoms with Crippen LogP contribution in [0.25, 0.3) is 22.3 Å². The third-order valence-electron chi connectivity index (χ3n) is 7.32. The van der Waals surface area contributed by atoms with Crippen molar-refractivity contribution in [2.75, 3.05) is 26.4 Å². The quantitative estimate of drug-likeness (QED) is 0.263. The number of amides is 2. The van der Waals surface area contributed by atoms with Gasteiger partial charge in [0, 0.05) is 25.7 Å². The van der Waals surface area contributed by atoms with E-state index in [0.29, 0.717) is 29.1 Å². The fraction of sp³-hybridized carbons (Fsp3) is 0.276. The van der Waals surface area contributed by atoms with E-state index < -0.39 is 11.7 Å². The predicted molar refractivity (Wildman–Crippen MR) is 157 cm³/mol. The summed E-state index contributed by atoms with van der Waals surface area (Å²) in [5.74, 6) is -0.418. The lowest BCUT2D eigenvalue weighted by atomic mass is 10.0. The van der Waals surface area contributed by atoms with Gasteiger partial charge in [0.25, 0.3) is 5.91 Å². The van der Waals surface area contributed by atoms with E-state index in [4.69, 9.17) is 15.6 Å². The van der Waals surface area contributed by atoms with Gasteiger partial charge in [-0.1, -0.05) is 31.2 Å². The maximum atomic E-state index is 13.7. The minimum Gasteiger partial charge on any atom is -0.496 e. The number of hydrogen-bond donors (Lipinski definition) is 2. The molecule has 5 aromatic rings. The lowest BCUT2D eigenvalue weighted by molar-refractivity contribution is 0.0947. The Balaban J connectivity index is 1.35. The van der Waals surface area contributed by atoms with Gasteiger partial charge in [0.2, 0.25) is 0 Å². The molecule has 2 atom stereocenters. The Hall–Kier alpha value is -5.40. The Kier molecular flexibility index (Phi) is 8.27. The number of aromatic nitrogens is 7. The van der Waals surface area contributed by atoms with E-state index in [2.05, 4.69) is 25.4 Å². The number of nitrogen functional groups attached to an aromatic ring is 1. The van der Waals surface area contributed by atoms with E-state index in [-0.39, 0.29) is 35.8 Å². The summed E-state index contributed by atoms with van der Waals surface area (Å²) in [5, 5.41) is 12.2. The molecule has 0 fully saturated rings. The van der Waals surface area contributed by atoms with Gasteiger partial charge in [-0.3, -0.25) is 4.79 Å². The lowest BCUT2D eigenvalue weighted by Gasteiger charge is -2.26. The highest BCUT2D eigenvalue weighted by Gasteiger charge is 2.25. The number of nitrogens with zero attached hydrogens (tertiary/aromatic N) is 8. The highest BCUT2D eigenvalue weighted by atomic mass is 19.1. The van der Waals surface area contributed by atoms with Crippen molar-refractivity contribution in [3.63, 3.8) is 0 Å². The molecule has 222 valence electrons. The molecule has 3 aromatic heterocycles. The molecule has 13 nitrogen and oxygen atoms in total. The minimum atomic E-state index is -0.527. The van der Waals surface area contributed by atoms with E-state index in [0.717, 1.165) is 17.2 Å². The third-order valence-corrected chi connectivity index (χ3v) is 7.32. The summed E-state index contributed by atoms with van der Waals surface area (Å²) < 4.78 is 21.9. The van der Waals surface area contributed by atoms with Crippen LogP contribution in [0, 0.1) is 11.7 Å². The average Bonchev–Trinajstić information content (AvgIpc) is 3.69. The fourth-order valence-corrected chi connectivity index (χ4v) is 4.78. The molecule has 2 unspecified atom stereocenters. The van der Waals surface area contributed by atoms with Crippen LogP contribution < -0.4 is 15.8 Å². The van der Waals surface area contributed by atoms with Crippen molar-refractivity contribution >= 4 is 28.8 Å². The molecule has 0 aliphatic rings. The molecule has 2 amide bonds. The first-order valence-corrected chi connectivity index (χ1v) is 13.5. The number of hydrogen-bond acceptors (Lipinski definition) is 9. The molecule has 0 saturated heterocycles. The number of rotatable bonds is 9. The van der Waals surface area contributed by atoms with Gasteiger partial charge in [0.05, 0.1) is 24.1 Å². The van der Waals surface area contributed by atoms with Gasteiger partial charge in [-0.05, 0) is 36.6 Å². The van der Waals surface area contributed by atoms with Gasteiger partial charge >= 0.3 is 6.03 Å². The largest absolute Gasteiger partial charge is 0.496 e. The van der Waals surface area contributed by atoms with E-state index in [1.54, 1.807) is 11.9 Å². The number of carbonyl (C=O) groups is 2. The molecule has 0 spiro atoms. The molecule has 0 saturated carbocycles. The molecule has 0 aliphatic carbocycles. The highest BCUT2D eigenvalue weighted by Crippen LogP contribution is 2.33. The lowest BCUT2D eigenvalue weighted by Crippen LogP contribution is -2.36. The summed E-state index contributed by atoms with van der Waals surface area (Å²) in [6.45, 7) is 4.68. The summed E-state index contributed by atoms with van der Waals surface area (Å²) >= 11 is 0. The van der Waals surface area contributed by atoms with Gasteiger partial charge in [0.15, 0.2) is 5.65 Å². The molecule has 14 heteroatoms. The van der Waals surface area contributed by atoms with Gasteiger partial charge in [-0.15, -0.1) is 0 Å². The standard InChI is InChI=1S/C29H31FN10O3/c1-17(13-38(3)29(42)39-16-32-14-36-39)18(2)40-27-24(26(31)34-15-35-27)25(37-40)20-7-5-19(6-8-20)12-33-28(41)22-11-21(30)9-10-23(22)43-4/h5-11,14-18H,12-13H2,1-4H3,(H,33,41)(H2,31,34,35). The Morgan fingerprint density at radius 1 is 1.12 bits per heavy atom. The Labute approximate surface area is 246 Å². The van der Waals surface area contributed by atoms with Crippen molar-refractivity contribution in [1.29, 1.82) is 0 Å². The Morgan fingerprint density at radius 2 is 1.88 bits per heavy atom. The first kappa shape index (κ1) is 29.1. The number of nitrogens with two attached hydrogens (primary N) is 1. The van der Waals surface area contributed by atoms with Crippen molar-refractivity contribution in [1.82, 2.24) is 44.7 Å². The first-order valence-electron chi connectivity index (χ1n) is 13.5. The van der Waals surface area contributed by atoms with Crippen molar-refractivity contribution < 1.29 is 18.7 Å². The summed E-state index contributed by atoms with van der Waals surface area (Å²) in [6, 6.07) is 10.8. The van der Waals surface area contributed by atoms with Crippen LogP contribution in [0.1, 0.15) is 35.8 Å². The molecule has 3 heterocycles. The van der Waals surface area contributed by atoms with E-state index in [9.17, 15) is 14.0 Å². The number of nitrogens with one attached hydrogen (secondary N) is 1. The van der Waals surface area contributed by atoms with Crippen molar-refractivity contribution in [2.45, 2.75) is 26.4 Å². The van der Waals surface area contributed by atoms with Crippen molar-refractivity contribution in [2.24, 2.45) is 5.92 Å². The van der Waals surface area contributed by atoms with Crippen LogP contribution in [0.3, 0.4) is 0 Å². The number of benzene rings is 2. The van der Waals surface area contributed by atoms with Crippen LogP contribution in [0.2, 0.25) is 0 Å². The zero-order valence-electron chi connectivity index (χ0n) is 24.1. The van der Waals surface area contributed by atoms with E-state index >= 15 is 0 Å². The normalized spacial score (nSPS) is 12.6. The maximum absolute atomic E-state index is 13.7. The number of fused-ring (bicyclic) bond motifs is 1. The number of carbonyl (C=O) groups excluding carboxylic acids is 2. The molecule has 0 radical (unpaired) electrons. The van der Waals surface area contributed by atoms with Gasteiger partial charge in [0.1, 0.15) is 42.1 Å². The Morgan fingerprint density at radius 3 is 2.58 bits per heavy atom. The van der Waals surface area contributed by atoms with E-state index in [1.165, 1.54) is 42.9 Å². The second-order valence-corrected chi connectivity index (χ2v) is 10.2. The topological polar surface area (TPSA) is 159 Å². The highest BCUT2D eigenvalue weighted by molar-refractivity contribution is 5.98. The monoisotopic (exact) mass is 586 g/mol. The second kappa shape index (κ2) is 12.2. The fourth-order valence-electron chi connectivity index (χ4n) is 4.78. The first-order chi connectivity index (χ1) is 20.7. The second-order valence-electron chi connectivity index (χ2n) is 10.2. The SMILES string of the molecule is COc1ccc(F)cc1C(=O)NCc1ccc(-c2nn(C(C)C(C)CN(C)C(=O)n3cncn3)c3ncnc(N)c23)cc1. The zero-order valence-corrected chi connectivity index (χ0v) is 24.1. The van der Waals surface area contributed by atoms with Crippen molar-refractivity contribution in [3.05, 3.63) is 78.4 Å². The summed E-state index contributed by atoms with van der Waals surface area (Å²) in [7, 11) is 3.13. The molecular formula is C29H31FN10O3. The molecule has 0 bridgehead atoms. The zero-order chi connectivity index (χ0) is 30.7. The van der Waals surface area contributed by atoms with Gasteiger partial charge < -0.3 is 20.7 Å². The smallest absolute Gasteiger partial charge is 0.345 e. The van der Waals surface area contributed by atoms with Crippen LogP contribution in [-0.2, 0) is 6.54 Å². The number of halogens is 1. The van der Waals surface area contributed by atoms with Crippen LogP contribution in [0.5, 0.6) is 5.75 Å². The van der Waals surface area contributed by atoms with Crippen LogP contribution >= 0.6 is 0 Å². The maximum Gasteiger partial charge on any atom is 0.345 e. The third kappa shape index (κ3) is 5.98. The van der Waals surface area contributed by atoms with Crippen LogP contribution in [-0.4, -0.2) is 72.1 Å². The van der Waals surface area contributed by atoms with E-state index in [1.807, 2.05) is 42.8 Å². The summed E-state index contributed by atoms with van der Waals surface area (Å²) in [4.78, 5) is 39.4.